The third-order valence-corrected chi connectivity index (χ3v) is 3.13. The molecule has 1 aromatic heterocycles. The minimum Gasteiger partial charge on any atom is -0.244 e. The Kier molecular flexibility index (Phi) is 3.86. The molecular weight excluding hydrogens is 208 g/mol. The first-order valence-corrected chi connectivity index (χ1v) is 6.14. The molecule has 0 radical (unpaired) electrons. The van der Waals surface area contributed by atoms with Crippen molar-refractivity contribution in [3.8, 4) is 11.1 Å². The number of hydrogen-bond acceptors (Lipinski definition) is 2. The highest BCUT2D eigenvalue weighted by Gasteiger charge is 2.02. The zero-order valence-corrected chi connectivity index (χ0v) is 10.4. The average Bonchev–Trinajstić information content (AvgIpc) is 2.40. The van der Waals surface area contributed by atoms with Crippen molar-refractivity contribution in [2.24, 2.45) is 5.92 Å². The van der Waals surface area contributed by atoms with Crippen LogP contribution in [0.2, 0.25) is 0 Å². The fourth-order valence-electron chi connectivity index (χ4n) is 1.83. The Morgan fingerprint density at radius 3 is 2.24 bits per heavy atom. The van der Waals surface area contributed by atoms with Gasteiger partial charge in [-0.1, -0.05) is 44.5 Å². The first-order chi connectivity index (χ1) is 8.29. The molecule has 0 saturated heterocycles. The zero-order chi connectivity index (χ0) is 12.1. The smallest absolute Gasteiger partial charge is 0.115 e. The summed E-state index contributed by atoms with van der Waals surface area (Å²) in [5.74, 6) is 0.751. The Bertz CT molecular complexity index is 448. The van der Waals surface area contributed by atoms with E-state index in [0.29, 0.717) is 0 Å². The van der Waals surface area contributed by atoms with Gasteiger partial charge in [0.25, 0.3) is 0 Å². The first kappa shape index (κ1) is 11.8. The second-order valence-corrected chi connectivity index (χ2v) is 4.54. The van der Waals surface area contributed by atoms with Gasteiger partial charge < -0.3 is 0 Å². The summed E-state index contributed by atoms with van der Waals surface area (Å²) in [6.07, 6.45) is 7.63. The van der Waals surface area contributed by atoms with Gasteiger partial charge in [0.05, 0.1) is 0 Å². The van der Waals surface area contributed by atoms with Crippen molar-refractivity contribution in [3.05, 3.63) is 48.5 Å². The predicted molar refractivity (Wildman–Crippen MR) is 70.6 cm³/mol. The lowest BCUT2D eigenvalue weighted by atomic mass is 9.97. The van der Waals surface area contributed by atoms with Crippen LogP contribution in [0.5, 0.6) is 0 Å². The normalized spacial score (nSPS) is 12.4. The molecule has 0 spiro atoms. The lowest BCUT2D eigenvalue weighted by Gasteiger charge is -2.08. The second-order valence-electron chi connectivity index (χ2n) is 4.54. The Labute approximate surface area is 103 Å². The highest BCUT2D eigenvalue weighted by atomic mass is 14.8. The fraction of sp³-hybridized carbons (Fsp3) is 0.333. The van der Waals surface area contributed by atoms with E-state index in [0.717, 1.165) is 17.9 Å². The highest BCUT2D eigenvalue weighted by Crippen LogP contribution is 2.19. The Balaban J connectivity index is 2.13. The molecule has 0 aliphatic rings. The molecule has 2 heteroatoms. The fourth-order valence-corrected chi connectivity index (χ4v) is 1.83. The molecule has 0 fully saturated rings. The van der Waals surface area contributed by atoms with Crippen LogP contribution in [0.25, 0.3) is 11.1 Å². The van der Waals surface area contributed by atoms with E-state index in [1.54, 1.807) is 6.33 Å². The first-order valence-electron chi connectivity index (χ1n) is 6.14. The molecule has 88 valence electrons. The molecule has 0 amide bonds. The van der Waals surface area contributed by atoms with E-state index in [2.05, 4.69) is 48.1 Å². The Morgan fingerprint density at radius 2 is 1.65 bits per heavy atom. The van der Waals surface area contributed by atoms with E-state index in [4.69, 9.17) is 0 Å². The molecule has 2 nitrogen and oxygen atoms in total. The molecule has 0 N–H and O–H groups in total. The molecule has 1 heterocycles. The van der Waals surface area contributed by atoms with Gasteiger partial charge in [0.15, 0.2) is 0 Å². The van der Waals surface area contributed by atoms with E-state index in [-0.39, 0.29) is 0 Å². The standard InChI is InChI=1S/C15H18N2/c1-3-12(2)8-13-4-6-14(7-5-13)15-9-16-11-17-10-15/h4-7,9-12H,3,8H2,1-2H3. The predicted octanol–water partition coefficient (Wildman–Crippen LogP) is 3.73. The van der Waals surface area contributed by atoms with Gasteiger partial charge in [0, 0.05) is 18.0 Å². The maximum absolute atomic E-state index is 4.03. The second kappa shape index (κ2) is 5.58. The molecule has 2 rings (SSSR count). The van der Waals surface area contributed by atoms with Gasteiger partial charge in [-0.3, -0.25) is 0 Å². The lowest BCUT2D eigenvalue weighted by molar-refractivity contribution is 0.560. The van der Waals surface area contributed by atoms with Crippen LogP contribution in [0.3, 0.4) is 0 Å². The molecule has 17 heavy (non-hydrogen) atoms. The van der Waals surface area contributed by atoms with E-state index >= 15 is 0 Å². The third kappa shape index (κ3) is 3.13. The summed E-state index contributed by atoms with van der Waals surface area (Å²) in [4.78, 5) is 8.07. The molecule has 0 bridgehead atoms. The van der Waals surface area contributed by atoms with Crippen LogP contribution in [0, 0.1) is 5.92 Å². The lowest BCUT2D eigenvalue weighted by Crippen LogP contribution is -1.97. The number of rotatable bonds is 4. The third-order valence-electron chi connectivity index (χ3n) is 3.13. The molecule has 1 unspecified atom stereocenters. The minimum atomic E-state index is 0.751. The van der Waals surface area contributed by atoms with Gasteiger partial charge in [-0.2, -0.15) is 0 Å². The Hall–Kier alpha value is -1.70. The molecule has 1 aromatic carbocycles. The van der Waals surface area contributed by atoms with Crippen LogP contribution in [0.4, 0.5) is 0 Å². The van der Waals surface area contributed by atoms with Crippen molar-refractivity contribution >= 4 is 0 Å². The molecule has 0 aliphatic heterocycles. The molecule has 2 aromatic rings. The molecule has 0 aliphatic carbocycles. The number of nitrogens with zero attached hydrogens (tertiary/aromatic N) is 2. The monoisotopic (exact) mass is 226 g/mol. The maximum Gasteiger partial charge on any atom is 0.115 e. The highest BCUT2D eigenvalue weighted by molar-refractivity contribution is 5.61. The molecule has 0 saturated carbocycles. The van der Waals surface area contributed by atoms with Gasteiger partial charge in [0.2, 0.25) is 0 Å². The summed E-state index contributed by atoms with van der Waals surface area (Å²) in [6, 6.07) is 8.70. The summed E-state index contributed by atoms with van der Waals surface area (Å²) in [7, 11) is 0. The van der Waals surface area contributed by atoms with Crippen molar-refractivity contribution in [1.82, 2.24) is 9.97 Å². The topological polar surface area (TPSA) is 25.8 Å². The summed E-state index contributed by atoms with van der Waals surface area (Å²) >= 11 is 0. The SMILES string of the molecule is CCC(C)Cc1ccc(-c2cncnc2)cc1. The van der Waals surface area contributed by atoms with E-state index in [1.807, 2.05) is 12.4 Å². The van der Waals surface area contributed by atoms with Crippen LogP contribution in [0.15, 0.2) is 43.0 Å². The van der Waals surface area contributed by atoms with Crippen LogP contribution in [0.1, 0.15) is 25.8 Å². The Morgan fingerprint density at radius 1 is 1.00 bits per heavy atom. The summed E-state index contributed by atoms with van der Waals surface area (Å²) in [5.41, 5.74) is 3.65. The number of hydrogen-bond donors (Lipinski definition) is 0. The van der Waals surface area contributed by atoms with Crippen molar-refractivity contribution < 1.29 is 0 Å². The van der Waals surface area contributed by atoms with Gasteiger partial charge in [-0.15, -0.1) is 0 Å². The van der Waals surface area contributed by atoms with E-state index < -0.39 is 0 Å². The van der Waals surface area contributed by atoms with Crippen molar-refractivity contribution in [3.63, 3.8) is 0 Å². The zero-order valence-electron chi connectivity index (χ0n) is 10.4. The summed E-state index contributed by atoms with van der Waals surface area (Å²) < 4.78 is 0. The summed E-state index contributed by atoms with van der Waals surface area (Å²) in [6.45, 7) is 4.53. The summed E-state index contributed by atoms with van der Waals surface area (Å²) in [5, 5.41) is 0. The van der Waals surface area contributed by atoms with Crippen LogP contribution in [-0.4, -0.2) is 9.97 Å². The number of aromatic nitrogens is 2. The van der Waals surface area contributed by atoms with Gasteiger partial charge >= 0.3 is 0 Å². The van der Waals surface area contributed by atoms with Crippen LogP contribution >= 0.6 is 0 Å². The quantitative estimate of drug-likeness (QED) is 0.793. The van der Waals surface area contributed by atoms with Gasteiger partial charge in [-0.05, 0) is 23.5 Å². The molecule has 1 atom stereocenters. The van der Waals surface area contributed by atoms with Gasteiger partial charge in [0.1, 0.15) is 6.33 Å². The average molecular weight is 226 g/mol. The van der Waals surface area contributed by atoms with E-state index in [9.17, 15) is 0 Å². The maximum atomic E-state index is 4.03. The van der Waals surface area contributed by atoms with Crippen molar-refractivity contribution in [2.45, 2.75) is 26.7 Å². The minimum absolute atomic E-state index is 0.751. The number of benzene rings is 1. The largest absolute Gasteiger partial charge is 0.244 e. The van der Waals surface area contributed by atoms with Crippen LogP contribution < -0.4 is 0 Å². The van der Waals surface area contributed by atoms with Crippen molar-refractivity contribution in [1.29, 1.82) is 0 Å². The van der Waals surface area contributed by atoms with E-state index in [1.165, 1.54) is 17.5 Å². The molecular formula is C15H18N2. The van der Waals surface area contributed by atoms with Gasteiger partial charge in [-0.25, -0.2) is 9.97 Å². The van der Waals surface area contributed by atoms with Crippen molar-refractivity contribution in [2.75, 3.05) is 0 Å². The van der Waals surface area contributed by atoms with Crippen LogP contribution in [-0.2, 0) is 6.42 Å².